The van der Waals surface area contributed by atoms with Crippen LogP contribution in [0.4, 0.5) is 0 Å². The molecule has 0 radical (unpaired) electrons. The standard InChI is InChI=1S/C11H10O/c12-8-9-5-6-10-3-1-2-4-11(10)7-9/h3-8H,1-2H2. The molecule has 0 aliphatic heterocycles. The minimum atomic E-state index is 0.764. The van der Waals surface area contributed by atoms with Gasteiger partial charge in [0.1, 0.15) is 6.29 Å². The summed E-state index contributed by atoms with van der Waals surface area (Å²) in [5.41, 5.74) is 0.764. The van der Waals surface area contributed by atoms with Crippen molar-refractivity contribution in [3.63, 3.8) is 0 Å². The van der Waals surface area contributed by atoms with Crippen molar-refractivity contribution >= 4 is 18.4 Å². The van der Waals surface area contributed by atoms with Gasteiger partial charge in [-0.1, -0.05) is 24.3 Å². The molecule has 1 nitrogen and oxygen atoms in total. The fourth-order valence-electron chi connectivity index (χ4n) is 1.51. The van der Waals surface area contributed by atoms with Crippen molar-refractivity contribution in [2.24, 2.45) is 0 Å². The van der Waals surface area contributed by atoms with Crippen LogP contribution in [0.25, 0.3) is 12.2 Å². The Morgan fingerprint density at radius 2 is 1.83 bits per heavy atom. The van der Waals surface area contributed by atoms with Crippen LogP contribution in [0, 0.1) is 0 Å². The maximum atomic E-state index is 10.5. The fraction of sp³-hybridized carbons (Fsp3) is 0.182. The molecule has 1 heteroatoms. The molecule has 1 aliphatic rings. The SMILES string of the molecule is O=Cc1ccc2c(c1)=CCCC=2. The van der Waals surface area contributed by atoms with Crippen LogP contribution in [-0.4, -0.2) is 6.29 Å². The van der Waals surface area contributed by atoms with Crippen molar-refractivity contribution in [2.75, 3.05) is 0 Å². The van der Waals surface area contributed by atoms with Gasteiger partial charge in [0.25, 0.3) is 0 Å². The van der Waals surface area contributed by atoms with E-state index in [0.717, 1.165) is 24.7 Å². The summed E-state index contributed by atoms with van der Waals surface area (Å²) in [7, 11) is 0. The summed E-state index contributed by atoms with van der Waals surface area (Å²) < 4.78 is 0. The number of carbonyl (C=O) groups is 1. The lowest BCUT2D eigenvalue weighted by Crippen LogP contribution is -2.26. The first kappa shape index (κ1) is 7.29. The Kier molecular flexibility index (Phi) is 1.78. The summed E-state index contributed by atoms with van der Waals surface area (Å²) in [5, 5.41) is 2.46. The zero-order valence-corrected chi connectivity index (χ0v) is 6.79. The van der Waals surface area contributed by atoms with Crippen LogP contribution >= 0.6 is 0 Å². The quantitative estimate of drug-likeness (QED) is 0.554. The smallest absolute Gasteiger partial charge is 0.150 e. The first-order valence-electron chi connectivity index (χ1n) is 4.16. The van der Waals surface area contributed by atoms with E-state index in [1.807, 2.05) is 18.2 Å². The van der Waals surface area contributed by atoms with Crippen molar-refractivity contribution in [3.05, 3.63) is 34.2 Å². The summed E-state index contributed by atoms with van der Waals surface area (Å²) in [6.07, 6.45) is 7.50. The lowest BCUT2D eigenvalue weighted by Gasteiger charge is -1.99. The molecular weight excluding hydrogens is 148 g/mol. The molecule has 0 saturated heterocycles. The van der Waals surface area contributed by atoms with E-state index in [1.54, 1.807) is 0 Å². The molecule has 0 aromatic heterocycles. The Balaban J connectivity index is 2.73. The van der Waals surface area contributed by atoms with Gasteiger partial charge in [-0.25, -0.2) is 0 Å². The van der Waals surface area contributed by atoms with Gasteiger partial charge in [0.15, 0.2) is 0 Å². The van der Waals surface area contributed by atoms with Crippen LogP contribution in [0.15, 0.2) is 18.2 Å². The normalized spacial score (nSPS) is 14.0. The maximum Gasteiger partial charge on any atom is 0.150 e. The first-order chi connectivity index (χ1) is 5.90. The summed E-state index contributed by atoms with van der Waals surface area (Å²) in [6.45, 7) is 0. The Morgan fingerprint density at radius 3 is 2.58 bits per heavy atom. The van der Waals surface area contributed by atoms with Crippen LogP contribution in [0.2, 0.25) is 0 Å². The fourth-order valence-corrected chi connectivity index (χ4v) is 1.51. The molecule has 0 N–H and O–H groups in total. The average molecular weight is 158 g/mol. The largest absolute Gasteiger partial charge is 0.298 e. The third-order valence-corrected chi connectivity index (χ3v) is 2.14. The number of carbonyl (C=O) groups excluding carboxylic acids is 1. The van der Waals surface area contributed by atoms with Crippen LogP contribution in [0.5, 0.6) is 0 Å². The first-order valence-corrected chi connectivity index (χ1v) is 4.16. The molecule has 0 atom stereocenters. The Bertz CT molecular complexity index is 415. The van der Waals surface area contributed by atoms with E-state index in [-0.39, 0.29) is 0 Å². The number of hydrogen-bond acceptors (Lipinski definition) is 1. The van der Waals surface area contributed by atoms with Gasteiger partial charge >= 0.3 is 0 Å². The van der Waals surface area contributed by atoms with E-state index in [4.69, 9.17) is 0 Å². The Labute approximate surface area is 71.0 Å². The molecule has 1 aromatic carbocycles. The number of benzene rings is 1. The summed E-state index contributed by atoms with van der Waals surface area (Å²) in [6, 6.07) is 5.81. The molecular formula is C11H10O. The molecule has 1 aliphatic carbocycles. The average Bonchev–Trinajstić information content (AvgIpc) is 2.17. The van der Waals surface area contributed by atoms with Crippen molar-refractivity contribution < 1.29 is 4.79 Å². The Morgan fingerprint density at radius 1 is 1.08 bits per heavy atom. The summed E-state index contributed by atoms with van der Waals surface area (Å²) >= 11 is 0. The second kappa shape index (κ2) is 2.94. The minimum Gasteiger partial charge on any atom is -0.298 e. The minimum absolute atomic E-state index is 0.764. The van der Waals surface area contributed by atoms with Crippen molar-refractivity contribution in [3.8, 4) is 0 Å². The maximum absolute atomic E-state index is 10.5. The molecule has 0 unspecified atom stereocenters. The molecule has 60 valence electrons. The summed E-state index contributed by atoms with van der Waals surface area (Å²) in [4.78, 5) is 10.5. The highest BCUT2D eigenvalue weighted by Crippen LogP contribution is 1.95. The zero-order valence-electron chi connectivity index (χ0n) is 6.79. The van der Waals surface area contributed by atoms with E-state index in [9.17, 15) is 4.79 Å². The molecule has 0 spiro atoms. The van der Waals surface area contributed by atoms with Gasteiger partial charge in [-0.05, 0) is 29.3 Å². The van der Waals surface area contributed by atoms with Gasteiger partial charge in [-0.15, -0.1) is 0 Å². The number of rotatable bonds is 1. The molecule has 0 bridgehead atoms. The zero-order chi connectivity index (χ0) is 8.39. The lowest BCUT2D eigenvalue weighted by molar-refractivity contribution is 0.112. The van der Waals surface area contributed by atoms with Crippen molar-refractivity contribution in [1.29, 1.82) is 0 Å². The second-order valence-corrected chi connectivity index (χ2v) is 2.99. The van der Waals surface area contributed by atoms with E-state index >= 15 is 0 Å². The third kappa shape index (κ3) is 1.18. The van der Waals surface area contributed by atoms with E-state index in [0.29, 0.717) is 0 Å². The molecule has 0 saturated carbocycles. The van der Waals surface area contributed by atoms with Crippen LogP contribution in [0.3, 0.4) is 0 Å². The highest BCUT2D eigenvalue weighted by Gasteiger charge is 1.94. The predicted octanol–water partition coefficient (Wildman–Crippen LogP) is 0.854. The molecule has 0 heterocycles. The van der Waals surface area contributed by atoms with Gasteiger partial charge < -0.3 is 0 Å². The number of hydrogen-bond donors (Lipinski definition) is 0. The second-order valence-electron chi connectivity index (χ2n) is 2.99. The molecule has 0 fully saturated rings. The van der Waals surface area contributed by atoms with Gasteiger partial charge in [0.05, 0.1) is 0 Å². The van der Waals surface area contributed by atoms with E-state index in [1.165, 1.54) is 10.4 Å². The summed E-state index contributed by atoms with van der Waals surface area (Å²) in [5.74, 6) is 0. The van der Waals surface area contributed by atoms with E-state index in [2.05, 4.69) is 12.2 Å². The number of fused-ring (bicyclic) bond motifs is 1. The van der Waals surface area contributed by atoms with E-state index < -0.39 is 0 Å². The predicted molar refractivity (Wildman–Crippen MR) is 49.2 cm³/mol. The van der Waals surface area contributed by atoms with Crippen LogP contribution < -0.4 is 10.4 Å². The van der Waals surface area contributed by atoms with Crippen LogP contribution in [-0.2, 0) is 0 Å². The highest BCUT2D eigenvalue weighted by molar-refractivity contribution is 5.74. The highest BCUT2D eigenvalue weighted by atomic mass is 16.1. The molecule has 0 amide bonds. The number of aldehydes is 1. The van der Waals surface area contributed by atoms with Crippen molar-refractivity contribution in [2.45, 2.75) is 12.8 Å². The topological polar surface area (TPSA) is 17.1 Å². The monoisotopic (exact) mass is 158 g/mol. The molecule has 2 rings (SSSR count). The third-order valence-electron chi connectivity index (χ3n) is 2.14. The van der Waals surface area contributed by atoms with Crippen molar-refractivity contribution in [1.82, 2.24) is 0 Å². The molecule has 12 heavy (non-hydrogen) atoms. The van der Waals surface area contributed by atoms with Gasteiger partial charge in [0, 0.05) is 5.56 Å². The lowest BCUT2D eigenvalue weighted by atomic mass is 10.1. The van der Waals surface area contributed by atoms with Gasteiger partial charge in [-0.3, -0.25) is 4.79 Å². The Hall–Kier alpha value is -1.37. The van der Waals surface area contributed by atoms with Crippen LogP contribution in [0.1, 0.15) is 23.2 Å². The van der Waals surface area contributed by atoms with Gasteiger partial charge in [-0.2, -0.15) is 0 Å². The van der Waals surface area contributed by atoms with Gasteiger partial charge in [0.2, 0.25) is 0 Å². The molecule has 1 aromatic rings.